The molecule has 0 aromatic rings. The Labute approximate surface area is 144 Å². The maximum Gasteiger partial charge on any atom is 0.0600 e. The van der Waals surface area contributed by atoms with E-state index in [9.17, 15) is 0 Å². The molecule has 0 N–H and O–H groups in total. The molecule has 0 saturated carbocycles. The minimum Gasteiger partial charge on any atom is -0.375 e. The van der Waals surface area contributed by atoms with Crippen LogP contribution in [0.15, 0.2) is 0 Å². The number of likely N-dealkylation sites (tertiary alicyclic amines) is 2. The highest BCUT2D eigenvalue weighted by atomic mass is 16.5. The summed E-state index contributed by atoms with van der Waals surface area (Å²) in [6.07, 6.45) is 5.58. The predicted octanol–water partition coefficient (Wildman–Crippen LogP) is 3.88. The van der Waals surface area contributed by atoms with Crippen LogP contribution in [0, 0.1) is 17.8 Å². The normalized spacial score (nSPS) is 23.7. The summed E-state index contributed by atoms with van der Waals surface area (Å²) in [6.45, 7) is 19.7. The summed E-state index contributed by atoms with van der Waals surface area (Å²) in [6, 6.07) is 0. The second-order valence-electron chi connectivity index (χ2n) is 9.13. The molecule has 0 spiro atoms. The highest BCUT2D eigenvalue weighted by Gasteiger charge is 2.25. The Hall–Kier alpha value is -0.120. The van der Waals surface area contributed by atoms with Crippen LogP contribution >= 0.6 is 0 Å². The summed E-state index contributed by atoms with van der Waals surface area (Å²) in [5.74, 6) is 2.76. The van der Waals surface area contributed by atoms with Crippen molar-refractivity contribution < 1.29 is 4.74 Å². The molecule has 0 unspecified atom stereocenters. The average molecular weight is 325 g/mol. The van der Waals surface area contributed by atoms with Crippen LogP contribution < -0.4 is 0 Å². The van der Waals surface area contributed by atoms with E-state index >= 15 is 0 Å². The third kappa shape index (κ3) is 7.11. The molecule has 2 rings (SSSR count). The van der Waals surface area contributed by atoms with Crippen LogP contribution in [0.25, 0.3) is 0 Å². The van der Waals surface area contributed by atoms with Crippen LogP contribution in [0.3, 0.4) is 0 Å². The maximum absolute atomic E-state index is 5.86. The Morgan fingerprint density at radius 3 is 2.00 bits per heavy atom. The molecular weight excluding hydrogens is 284 g/mol. The van der Waals surface area contributed by atoms with Gasteiger partial charge in [0.15, 0.2) is 0 Å². The second kappa shape index (κ2) is 8.82. The van der Waals surface area contributed by atoms with Crippen molar-refractivity contribution in [1.82, 2.24) is 9.80 Å². The highest BCUT2D eigenvalue weighted by Crippen LogP contribution is 2.26. The van der Waals surface area contributed by atoms with E-state index in [0.29, 0.717) is 0 Å². The van der Waals surface area contributed by atoms with Gasteiger partial charge in [-0.1, -0.05) is 13.8 Å². The molecule has 2 heterocycles. The van der Waals surface area contributed by atoms with E-state index in [1.165, 1.54) is 58.4 Å². The van der Waals surface area contributed by atoms with Gasteiger partial charge in [0.25, 0.3) is 0 Å². The maximum atomic E-state index is 5.86. The van der Waals surface area contributed by atoms with Crippen molar-refractivity contribution in [3.05, 3.63) is 0 Å². The van der Waals surface area contributed by atoms with Crippen molar-refractivity contribution in [2.45, 2.75) is 65.9 Å². The van der Waals surface area contributed by atoms with Crippen LogP contribution in [-0.2, 0) is 4.74 Å². The molecule has 3 heteroatoms. The molecule has 0 aliphatic carbocycles. The van der Waals surface area contributed by atoms with Crippen LogP contribution in [0.5, 0.6) is 0 Å². The molecule has 136 valence electrons. The molecule has 2 aliphatic rings. The first-order valence-corrected chi connectivity index (χ1v) is 9.92. The molecule has 0 bridgehead atoms. The van der Waals surface area contributed by atoms with Crippen molar-refractivity contribution >= 4 is 0 Å². The molecule has 0 radical (unpaired) electrons. The lowest BCUT2D eigenvalue weighted by Gasteiger charge is -2.38. The van der Waals surface area contributed by atoms with E-state index in [2.05, 4.69) is 44.4 Å². The van der Waals surface area contributed by atoms with Crippen molar-refractivity contribution in [2.75, 3.05) is 45.9 Å². The molecule has 0 aromatic heterocycles. The van der Waals surface area contributed by atoms with Gasteiger partial charge in [-0.25, -0.2) is 0 Å². The Bertz CT molecular complexity index is 321. The largest absolute Gasteiger partial charge is 0.375 e. The topological polar surface area (TPSA) is 15.7 Å². The van der Waals surface area contributed by atoms with Gasteiger partial charge < -0.3 is 14.5 Å². The van der Waals surface area contributed by atoms with Gasteiger partial charge in [-0.3, -0.25) is 0 Å². The first kappa shape index (κ1) is 19.2. The van der Waals surface area contributed by atoms with E-state index < -0.39 is 0 Å². The van der Waals surface area contributed by atoms with E-state index in [-0.39, 0.29) is 5.60 Å². The number of hydrogen-bond acceptors (Lipinski definition) is 3. The predicted molar refractivity (Wildman–Crippen MR) is 98.9 cm³/mol. The van der Waals surface area contributed by atoms with Gasteiger partial charge in [-0.15, -0.1) is 0 Å². The summed E-state index contributed by atoms with van der Waals surface area (Å²) in [7, 11) is 0. The van der Waals surface area contributed by atoms with Gasteiger partial charge in [-0.05, 0) is 90.4 Å². The van der Waals surface area contributed by atoms with Crippen LogP contribution in [0.2, 0.25) is 0 Å². The number of hydrogen-bond donors (Lipinski definition) is 0. The fraction of sp³-hybridized carbons (Fsp3) is 1.00. The molecule has 23 heavy (non-hydrogen) atoms. The standard InChI is InChI=1S/C20H40N2O/c1-17(2)19-8-12-22(13-9-19)16-18-6-10-21(11-7-18)14-15-23-20(3,4)5/h17-19H,6-16H2,1-5H3. The van der Waals surface area contributed by atoms with Gasteiger partial charge in [0.1, 0.15) is 0 Å². The molecule has 2 saturated heterocycles. The lowest BCUT2D eigenvalue weighted by molar-refractivity contribution is -0.0169. The Morgan fingerprint density at radius 1 is 0.913 bits per heavy atom. The zero-order chi connectivity index (χ0) is 16.9. The first-order valence-electron chi connectivity index (χ1n) is 9.92. The zero-order valence-corrected chi connectivity index (χ0v) is 16.3. The fourth-order valence-corrected chi connectivity index (χ4v) is 4.04. The number of piperidine rings is 2. The van der Waals surface area contributed by atoms with E-state index in [0.717, 1.165) is 30.9 Å². The second-order valence-corrected chi connectivity index (χ2v) is 9.13. The highest BCUT2D eigenvalue weighted by molar-refractivity contribution is 4.79. The molecule has 2 fully saturated rings. The zero-order valence-electron chi connectivity index (χ0n) is 16.3. The Kier molecular flexibility index (Phi) is 7.37. The SMILES string of the molecule is CC(C)C1CCN(CC2CCN(CCOC(C)(C)C)CC2)CC1. The monoisotopic (exact) mass is 324 g/mol. The summed E-state index contributed by atoms with van der Waals surface area (Å²) in [4.78, 5) is 5.33. The van der Waals surface area contributed by atoms with Gasteiger partial charge in [0.2, 0.25) is 0 Å². The van der Waals surface area contributed by atoms with Gasteiger partial charge >= 0.3 is 0 Å². The van der Waals surface area contributed by atoms with Crippen LogP contribution in [0.4, 0.5) is 0 Å². The van der Waals surface area contributed by atoms with Crippen molar-refractivity contribution in [3.63, 3.8) is 0 Å². The average Bonchev–Trinajstić information content (AvgIpc) is 2.48. The summed E-state index contributed by atoms with van der Waals surface area (Å²) >= 11 is 0. The van der Waals surface area contributed by atoms with Gasteiger partial charge in [-0.2, -0.15) is 0 Å². The molecule has 0 atom stereocenters. The summed E-state index contributed by atoms with van der Waals surface area (Å²) in [5.41, 5.74) is 0.000426. The smallest absolute Gasteiger partial charge is 0.0600 e. The Morgan fingerprint density at radius 2 is 1.48 bits per heavy atom. The summed E-state index contributed by atoms with van der Waals surface area (Å²) in [5, 5.41) is 0. The molecule has 2 aliphatic heterocycles. The van der Waals surface area contributed by atoms with E-state index in [4.69, 9.17) is 4.74 Å². The van der Waals surface area contributed by atoms with Crippen molar-refractivity contribution in [2.24, 2.45) is 17.8 Å². The summed E-state index contributed by atoms with van der Waals surface area (Å²) < 4.78 is 5.86. The van der Waals surface area contributed by atoms with E-state index in [1.807, 2.05) is 0 Å². The third-order valence-corrected chi connectivity index (χ3v) is 5.74. The quantitative estimate of drug-likeness (QED) is 0.737. The van der Waals surface area contributed by atoms with Gasteiger partial charge in [0.05, 0.1) is 12.2 Å². The fourth-order valence-electron chi connectivity index (χ4n) is 4.04. The van der Waals surface area contributed by atoms with Crippen LogP contribution in [-0.4, -0.2) is 61.3 Å². The van der Waals surface area contributed by atoms with Crippen LogP contribution in [0.1, 0.15) is 60.3 Å². The molecular formula is C20H40N2O. The minimum absolute atomic E-state index is 0.000426. The lowest BCUT2D eigenvalue weighted by Crippen LogP contribution is -2.43. The van der Waals surface area contributed by atoms with Crippen molar-refractivity contribution in [1.29, 1.82) is 0 Å². The third-order valence-electron chi connectivity index (χ3n) is 5.74. The van der Waals surface area contributed by atoms with Gasteiger partial charge in [0, 0.05) is 13.1 Å². The molecule has 3 nitrogen and oxygen atoms in total. The Balaban J connectivity index is 1.58. The van der Waals surface area contributed by atoms with E-state index in [1.54, 1.807) is 0 Å². The number of nitrogens with zero attached hydrogens (tertiary/aromatic N) is 2. The lowest BCUT2D eigenvalue weighted by atomic mass is 9.86. The first-order chi connectivity index (χ1) is 10.8. The molecule has 0 amide bonds. The molecule has 0 aromatic carbocycles. The number of ether oxygens (including phenoxy) is 1. The minimum atomic E-state index is 0.000426. The van der Waals surface area contributed by atoms with Crippen molar-refractivity contribution in [3.8, 4) is 0 Å². The number of rotatable bonds is 6.